The van der Waals surface area contributed by atoms with Gasteiger partial charge in [0.2, 0.25) is 0 Å². The van der Waals surface area contributed by atoms with E-state index in [-0.39, 0.29) is 0 Å². The van der Waals surface area contributed by atoms with E-state index in [0.717, 1.165) is 11.1 Å². The largest absolute Gasteiger partial charge is 0.312 e. The van der Waals surface area contributed by atoms with Crippen LogP contribution in [0, 0.1) is 11.3 Å². The van der Waals surface area contributed by atoms with Gasteiger partial charge in [-0.2, -0.15) is 10.4 Å². The minimum Gasteiger partial charge on any atom is -0.312 e. The van der Waals surface area contributed by atoms with Gasteiger partial charge in [0, 0.05) is 11.8 Å². The minimum atomic E-state index is -0.615. The van der Waals surface area contributed by atoms with E-state index in [9.17, 15) is 0 Å². The van der Waals surface area contributed by atoms with Gasteiger partial charge in [0.1, 0.15) is 12.4 Å². The standard InChI is InChI=1S/C8H7N5/c9-3-7(10)6-1-2-13-8(6)4-11-5-12-13/h1-2,4-5,7H,10H2. The highest BCUT2D eigenvalue weighted by molar-refractivity contribution is 5.55. The second kappa shape index (κ2) is 2.84. The Morgan fingerprint density at radius 3 is 3.23 bits per heavy atom. The second-order valence-electron chi connectivity index (χ2n) is 2.62. The Bertz CT molecular complexity index is 467. The van der Waals surface area contributed by atoms with Gasteiger partial charge < -0.3 is 5.73 Å². The van der Waals surface area contributed by atoms with Crippen LogP contribution in [0.2, 0.25) is 0 Å². The van der Waals surface area contributed by atoms with Gasteiger partial charge in [-0.15, -0.1) is 0 Å². The molecule has 2 aromatic heterocycles. The number of rotatable bonds is 1. The summed E-state index contributed by atoms with van der Waals surface area (Å²) in [6.07, 6.45) is 4.83. The molecule has 5 nitrogen and oxygen atoms in total. The van der Waals surface area contributed by atoms with Gasteiger partial charge in [-0.25, -0.2) is 9.50 Å². The fourth-order valence-electron chi connectivity index (χ4n) is 1.21. The van der Waals surface area contributed by atoms with Gasteiger partial charge >= 0.3 is 0 Å². The molecule has 13 heavy (non-hydrogen) atoms. The molecule has 64 valence electrons. The van der Waals surface area contributed by atoms with Crippen LogP contribution in [0.15, 0.2) is 24.8 Å². The normalized spacial score (nSPS) is 12.6. The van der Waals surface area contributed by atoms with Gasteiger partial charge in [0.15, 0.2) is 0 Å². The van der Waals surface area contributed by atoms with Crippen molar-refractivity contribution in [3.63, 3.8) is 0 Å². The monoisotopic (exact) mass is 173 g/mol. The van der Waals surface area contributed by atoms with Crippen LogP contribution < -0.4 is 5.73 Å². The van der Waals surface area contributed by atoms with Crippen molar-refractivity contribution in [3.8, 4) is 6.07 Å². The zero-order chi connectivity index (χ0) is 9.26. The number of hydrogen-bond donors (Lipinski definition) is 1. The molecule has 0 aliphatic rings. The molecule has 2 heterocycles. The Hall–Kier alpha value is -1.93. The lowest BCUT2D eigenvalue weighted by Crippen LogP contribution is -2.06. The number of fused-ring (bicyclic) bond motifs is 1. The van der Waals surface area contributed by atoms with Crippen molar-refractivity contribution in [2.75, 3.05) is 0 Å². The number of aromatic nitrogens is 3. The molecule has 0 radical (unpaired) electrons. The molecule has 0 saturated carbocycles. The van der Waals surface area contributed by atoms with E-state index in [4.69, 9.17) is 11.0 Å². The first-order chi connectivity index (χ1) is 6.33. The highest BCUT2D eigenvalue weighted by atomic mass is 15.2. The maximum Gasteiger partial charge on any atom is 0.136 e. The van der Waals surface area contributed by atoms with Crippen LogP contribution in [0.25, 0.3) is 5.52 Å². The average Bonchev–Trinajstić information content (AvgIpc) is 2.60. The number of nitrogens with zero attached hydrogens (tertiary/aromatic N) is 4. The fourth-order valence-corrected chi connectivity index (χ4v) is 1.21. The fraction of sp³-hybridized carbons (Fsp3) is 0.125. The zero-order valence-electron chi connectivity index (χ0n) is 6.75. The Morgan fingerprint density at radius 2 is 2.46 bits per heavy atom. The summed E-state index contributed by atoms with van der Waals surface area (Å²) in [5.41, 5.74) is 7.10. The van der Waals surface area contributed by atoms with Crippen LogP contribution in [0.5, 0.6) is 0 Å². The molecule has 0 bridgehead atoms. The van der Waals surface area contributed by atoms with Crippen LogP contribution in [0.3, 0.4) is 0 Å². The quantitative estimate of drug-likeness (QED) is 0.670. The second-order valence-corrected chi connectivity index (χ2v) is 2.62. The molecular formula is C8H7N5. The highest BCUT2D eigenvalue weighted by Gasteiger charge is 2.09. The summed E-state index contributed by atoms with van der Waals surface area (Å²) in [5.74, 6) is 0. The Kier molecular flexibility index (Phi) is 1.69. The smallest absolute Gasteiger partial charge is 0.136 e. The molecule has 0 fully saturated rings. The Labute approximate surface area is 74.4 Å². The van der Waals surface area contributed by atoms with E-state index < -0.39 is 6.04 Å². The molecule has 2 N–H and O–H groups in total. The maximum absolute atomic E-state index is 8.64. The highest BCUT2D eigenvalue weighted by Crippen LogP contribution is 2.15. The van der Waals surface area contributed by atoms with Gasteiger partial charge in [-0.1, -0.05) is 0 Å². The first kappa shape index (κ1) is 7.71. The predicted molar refractivity (Wildman–Crippen MR) is 45.5 cm³/mol. The van der Waals surface area contributed by atoms with Crippen LogP contribution >= 0.6 is 0 Å². The van der Waals surface area contributed by atoms with Crippen molar-refractivity contribution < 1.29 is 0 Å². The van der Waals surface area contributed by atoms with Crippen molar-refractivity contribution in [2.24, 2.45) is 5.73 Å². The van der Waals surface area contributed by atoms with Crippen LogP contribution in [-0.4, -0.2) is 14.6 Å². The third-order valence-corrected chi connectivity index (χ3v) is 1.85. The zero-order valence-corrected chi connectivity index (χ0v) is 6.75. The summed E-state index contributed by atoms with van der Waals surface area (Å²) in [4.78, 5) is 3.87. The first-order valence-electron chi connectivity index (χ1n) is 3.75. The molecule has 2 aromatic rings. The van der Waals surface area contributed by atoms with E-state index in [1.165, 1.54) is 6.33 Å². The lowest BCUT2D eigenvalue weighted by atomic mass is 10.1. The van der Waals surface area contributed by atoms with Gasteiger partial charge in [-0.3, -0.25) is 0 Å². The summed E-state index contributed by atoms with van der Waals surface area (Å²) in [6, 6.07) is 3.13. The first-order valence-corrected chi connectivity index (χ1v) is 3.75. The van der Waals surface area contributed by atoms with Crippen LogP contribution in [0.4, 0.5) is 0 Å². The van der Waals surface area contributed by atoms with Crippen molar-refractivity contribution in [3.05, 3.63) is 30.4 Å². The lowest BCUT2D eigenvalue weighted by Gasteiger charge is -1.99. The van der Waals surface area contributed by atoms with E-state index in [1.54, 1.807) is 23.0 Å². The number of nitriles is 1. The van der Waals surface area contributed by atoms with Gasteiger partial charge in [0.25, 0.3) is 0 Å². The van der Waals surface area contributed by atoms with Crippen molar-refractivity contribution >= 4 is 5.52 Å². The van der Waals surface area contributed by atoms with Crippen LogP contribution in [-0.2, 0) is 0 Å². The molecule has 0 aliphatic carbocycles. The summed E-state index contributed by atoms with van der Waals surface area (Å²) in [6.45, 7) is 0. The summed E-state index contributed by atoms with van der Waals surface area (Å²) in [5, 5.41) is 12.6. The molecule has 0 aliphatic heterocycles. The number of nitrogens with two attached hydrogens (primary N) is 1. The summed E-state index contributed by atoms with van der Waals surface area (Å²) >= 11 is 0. The van der Waals surface area contributed by atoms with Crippen molar-refractivity contribution in [1.82, 2.24) is 14.6 Å². The lowest BCUT2D eigenvalue weighted by molar-refractivity contribution is 0.888. The molecule has 0 saturated heterocycles. The van der Waals surface area contributed by atoms with E-state index >= 15 is 0 Å². The van der Waals surface area contributed by atoms with E-state index in [1.807, 2.05) is 6.07 Å². The van der Waals surface area contributed by atoms with Gasteiger partial charge in [-0.05, 0) is 6.07 Å². The minimum absolute atomic E-state index is 0.615. The number of hydrogen-bond acceptors (Lipinski definition) is 4. The third-order valence-electron chi connectivity index (χ3n) is 1.85. The maximum atomic E-state index is 8.64. The Balaban J connectivity index is 2.66. The molecule has 1 atom stereocenters. The van der Waals surface area contributed by atoms with Gasteiger partial charge in [0.05, 0.1) is 17.8 Å². The molecule has 0 spiro atoms. The third kappa shape index (κ3) is 1.13. The molecule has 0 aromatic carbocycles. The predicted octanol–water partition coefficient (Wildman–Crippen LogP) is 0.253. The molecule has 1 unspecified atom stereocenters. The van der Waals surface area contributed by atoms with Crippen molar-refractivity contribution in [2.45, 2.75) is 6.04 Å². The van der Waals surface area contributed by atoms with Crippen LogP contribution in [0.1, 0.15) is 11.6 Å². The molecular weight excluding hydrogens is 166 g/mol. The van der Waals surface area contributed by atoms with Crippen molar-refractivity contribution in [1.29, 1.82) is 5.26 Å². The topological polar surface area (TPSA) is 80.0 Å². The average molecular weight is 173 g/mol. The molecule has 5 heteroatoms. The summed E-state index contributed by atoms with van der Waals surface area (Å²) < 4.78 is 1.64. The van der Waals surface area contributed by atoms with E-state index in [0.29, 0.717) is 0 Å². The summed E-state index contributed by atoms with van der Waals surface area (Å²) in [7, 11) is 0. The molecule has 0 amide bonds. The van der Waals surface area contributed by atoms with E-state index in [2.05, 4.69) is 10.1 Å². The Morgan fingerprint density at radius 1 is 1.62 bits per heavy atom. The molecule has 2 rings (SSSR count). The SMILES string of the molecule is N#CC(N)c1ccn2ncncc12.